The number of hydrogen-bond donors (Lipinski definition) is 3. The second-order valence-corrected chi connectivity index (χ2v) is 5.37. The maximum atomic E-state index is 11.9. The largest absolute Gasteiger partial charge is 0.478 e. The van der Waals surface area contributed by atoms with Crippen molar-refractivity contribution in [3.8, 4) is 0 Å². The molecule has 0 fully saturated rings. The Morgan fingerprint density at radius 2 is 1.68 bits per heavy atom. The Balaban J connectivity index is 2.14. The number of halogens is 3. The van der Waals surface area contributed by atoms with E-state index in [0.717, 1.165) is 0 Å². The Kier molecular flexibility index (Phi) is 5.13. The molecule has 0 heterocycles. The predicted octanol–water partition coefficient (Wildman–Crippen LogP) is 4.99. The quantitative estimate of drug-likeness (QED) is 0.722. The van der Waals surface area contributed by atoms with Gasteiger partial charge in [-0.05, 0) is 30.3 Å². The molecule has 0 spiro atoms. The van der Waals surface area contributed by atoms with E-state index in [9.17, 15) is 9.59 Å². The zero-order valence-corrected chi connectivity index (χ0v) is 13.1. The van der Waals surface area contributed by atoms with Crippen LogP contribution >= 0.6 is 34.8 Å². The Bertz CT molecular complexity index is 750. The first-order valence-corrected chi connectivity index (χ1v) is 7.06. The summed E-state index contributed by atoms with van der Waals surface area (Å²) in [6.45, 7) is 0. The molecule has 2 aromatic carbocycles. The highest BCUT2D eigenvalue weighted by atomic mass is 35.5. The van der Waals surface area contributed by atoms with Gasteiger partial charge in [-0.15, -0.1) is 0 Å². The number of amides is 2. The average Bonchev–Trinajstić information content (AvgIpc) is 2.45. The van der Waals surface area contributed by atoms with Crippen LogP contribution in [0.4, 0.5) is 16.2 Å². The van der Waals surface area contributed by atoms with Crippen LogP contribution in [0.5, 0.6) is 0 Å². The fraction of sp³-hybridized carbons (Fsp3) is 0. The SMILES string of the molecule is O=C(Nc1ccc(Cl)c(C(=O)O)c1)Nc1cccc(Cl)c1Cl. The van der Waals surface area contributed by atoms with Gasteiger partial charge in [0.2, 0.25) is 0 Å². The van der Waals surface area contributed by atoms with Gasteiger partial charge in [-0.2, -0.15) is 0 Å². The van der Waals surface area contributed by atoms with E-state index in [1.807, 2.05) is 0 Å². The standard InChI is InChI=1S/C14H9Cl3N2O3/c15-9-5-4-7(6-8(9)13(20)21)18-14(22)19-11-3-1-2-10(16)12(11)17/h1-6H,(H,20,21)(H2,18,19,22). The van der Waals surface area contributed by atoms with Gasteiger partial charge >= 0.3 is 12.0 Å². The molecule has 0 aliphatic carbocycles. The summed E-state index contributed by atoms with van der Waals surface area (Å²) >= 11 is 17.6. The molecule has 8 heteroatoms. The van der Waals surface area contributed by atoms with Gasteiger partial charge in [0.25, 0.3) is 0 Å². The van der Waals surface area contributed by atoms with Gasteiger partial charge in [-0.1, -0.05) is 40.9 Å². The van der Waals surface area contributed by atoms with Gasteiger partial charge in [0.15, 0.2) is 0 Å². The van der Waals surface area contributed by atoms with E-state index in [4.69, 9.17) is 39.9 Å². The minimum absolute atomic E-state index is 0.0799. The molecule has 0 aliphatic rings. The number of nitrogens with one attached hydrogen (secondary N) is 2. The summed E-state index contributed by atoms with van der Waals surface area (Å²) in [6, 6.07) is 8.33. The summed E-state index contributed by atoms with van der Waals surface area (Å²) < 4.78 is 0. The molecule has 0 bridgehead atoms. The van der Waals surface area contributed by atoms with Crippen LogP contribution in [-0.2, 0) is 0 Å². The highest BCUT2D eigenvalue weighted by molar-refractivity contribution is 6.44. The number of hydrogen-bond acceptors (Lipinski definition) is 2. The Hall–Kier alpha value is -1.95. The van der Waals surface area contributed by atoms with Gasteiger partial charge in [-0.25, -0.2) is 9.59 Å². The number of aromatic carboxylic acids is 1. The third-order valence-electron chi connectivity index (χ3n) is 2.65. The van der Waals surface area contributed by atoms with Crippen molar-refractivity contribution in [2.45, 2.75) is 0 Å². The lowest BCUT2D eigenvalue weighted by molar-refractivity contribution is 0.0697. The molecule has 0 saturated heterocycles. The van der Waals surface area contributed by atoms with Gasteiger partial charge in [0.05, 0.1) is 26.3 Å². The van der Waals surface area contributed by atoms with Crippen LogP contribution in [0.15, 0.2) is 36.4 Å². The van der Waals surface area contributed by atoms with E-state index in [2.05, 4.69) is 10.6 Å². The lowest BCUT2D eigenvalue weighted by Gasteiger charge is -2.10. The summed E-state index contributed by atoms with van der Waals surface area (Å²) in [6.07, 6.45) is 0. The molecule has 0 saturated carbocycles. The fourth-order valence-corrected chi connectivity index (χ4v) is 2.20. The van der Waals surface area contributed by atoms with Crippen molar-refractivity contribution >= 4 is 58.2 Å². The summed E-state index contributed by atoms with van der Waals surface area (Å²) in [5.41, 5.74) is 0.497. The van der Waals surface area contributed by atoms with E-state index in [1.54, 1.807) is 18.2 Å². The third-order valence-corrected chi connectivity index (χ3v) is 3.80. The van der Waals surface area contributed by atoms with Crippen molar-refractivity contribution in [2.24, 2.45) is 0 Å². The normalized spacial score (nSPS) is 10.1. The number of benzene rings is 2. The van der Waals surface area contributed by atoms with Gasteiger partial charge in [0, 0.05) is 5.69 Å². The molecule has 0 unspecified atom stereocenters. The maximum absolute atomic E-state index is 11.9. The first-order chi connectivity index (χ1) is 10.4. The molecule has 5 nitrogen and oxygen atoms in total. The van der Waals surface area contributed by atoms with Crippen LogP contribution in [0, 0.1) is 0 Å². The van der Waals surface area contributed by atoms with Gasteiger partial charge in [0.1, 0.15) is 0 Å². The molecule has 0 radical (unpaired) electrons. The number of carbonyl (C=O) groups is 2. The monoisotopic (exact) mass is 358 g/mol. The zero-order valence-electron chi connectivity index (χ0n) is 10.9. The molecule has 2 aromatic rings. The Morgan fingerprint density at radius 1 is 0.955 bits per heavy atom. The first-order valence-electron chi connectivity index (χ1n) is 5.93. The summed E-state index contributed by atoms with van der Waals surface area (Å²) in [4.78, 5) is 22.9. The van der Waals surface area contributed by atoms with Crippen LogP contribution in [0.3, 0.4) is 0 Å². The highest BCUT2D eigenvalue weighted by Gasteiger charge is 2.12. The molecule has 114 valence electrons. The first kappa shape index (κ1) is 16.4. The Morgan fingerprint density at radius 3 is 2.36 bits per heavy atom. The minimum atomic E-state index is -1.19. The van der Waals surface area contributed by atoms with Crippen molar-refractivity contribution < 1.29 is 14.7 Å². The smallest absolute Gasteiger partial charge is 0.337 e. The number of carbonyl (C=O) groups excluding carboxylic acids is 1. The van der Waals surface area contributed by atoms with E-state index in [1.165, 1.54) is 18.2 Å². The van der Waals surface area contributed by atoms with Crippen LogP contribution in [-0.4, -0.2) is 17.1 Å². The van der Waals surface area contributed by atoms with Crippen LogP contribution < -0.4 is 10.6 Å². The zero-order chi connectivity index (χ0) is 16.3. The number of carboxylic acids is 1. The fourth-order valence-electron chi connectivity index (χ4n) is 1.65. The lowest BCUT2D eigenvalue weighted by atomic mass is 10.2. The molecule has 3 N–H and O–H groups in total. The molecular weight excluding hydrogens is 351 g/mol. The third kappa shape index (κ3) is 3.82. The molecule has 22 heavy (non-hydrogen) atoms. The van der Waals surface area contributed by atoms with Gasteiger partial charge in [-0.3, -0.25) is 0 Å². The summed E-state index contributed by atoms with van der Waals surface area (Å²) in [5.74, 6) is -1.19. The molecule has 0 aromatic heterocycles. The predicted molar refractivity (Wildman–Crippen MR) is 87.5 cm³/mol. The van der Waals surface area contributed by atoms with Crippen molar-refractivity contribution in [3.05, 3.63) is 57.0 Å². The molecular formula is C14H9Cl3N2O3. The van der Waals surface area contributed by atoms with E-state index in [-0.39, 0.29) is 21.3 Å². The summed E-state index contributed by atoms with van der Waals surface area (Å²) in [7, 11) is 0. The van der Waals surface area contributed by atoms with E-state index >= 15 is 0 Å². The van der Waals surface area contributed by atoms with Crippen molar-refractivity contribution in [2.75, 3.05) is 10.6 Å². The number of urea groups is 1. The second-order valence-electron chi connectivity index (χ2n) is 4.18. The number of anilines is 2. The van der Waals surface area contributed by atoms with E-state index in [0.29, 0.717) is 10.7 Å². The maximum Gasteiger partial charge on any atom is 0.337 e. The Labute approximate surface area is 140 Å². The van der Waals surface area contributed by atoms with Crippen LogP contribution in [0.25, 0.3) is 0 Å². The highest BCUT2D eigenvalue weighted by Crippen LogP contribution is 2.29. The topological polar surface area (TPSA) is 78.4 Å². The minimum Gasteiger partial charge on any atom is -0.478 e. The van der Waals surface area contributed by atoms with Crippen molar-refractivity contribution in [3.63, 3.8) is 0 Å². The molecule has 2 rings (SSSR count). The van der Waals surface area contributed by atoms with Crippen LogP contribution in [0.2, 0.25) is 15.1 Å². The summed E-state index contributed by atoms with van der Waals surface area (Å²) in [5, 5.41) is 14.6. The second kappa shape index (κ2) is 6.87. The van der Waals surface area contributed by atoms with Crippen molar-refractivity contribution in [1.29, 1.82) is 0 Å². The molecule has 2 amide bonds. The van der Waals surface area contributed by atoms with E-state index < -0.39 is 12.0 Å². The molecule has 0 aliphatic heterocycles. The number of carboxylic acid groups (broad SMARTS) is 1. The molecule has 0 atom stereocenters. The number of rotatable bonds is 3. The van der Waals surface area contributed by atoms with Gasteiger partial charge < -0.3 is 15.7 Å². The van der Waals surface area contributed by atoms with Crippen molar-refractivity contribution in [1.82, 2.24) is 0 Å². The lowest BCUT2D eigenvalue weighted by Crippen LogP contribution is -2.19. The average molecular weight is 360 g/mol. The van der Waals surface area contributed by atoms with Crippen LogP contribution in [0.1, 0.15) is 10.4 Å².